The molecule has 116 valence electrons. The van der Waals surface area contributed by atoms with Crippen LogP contribution in [0.2, 0.25) is 0 Å². The number of nitrogens with one attached hydrogen (secondary N) is 1. The second kappa shape index (κ2) is 7.37. The van der Waals surface area contributed by atoms with E-state index in [1.807, 2.05) is 13.8 Å². The molecule has 2 N–H and O–H groups in total. The van der Waals surface area contributed by atoms with E-state index in [9.17, 15) is 10.4 Å². The van der Waals surface area contributed by atoms with Gasteiger partial charge in [-0.2, -0.15) is 10.4 Å². The Morgan fingerprint density at radius 2 is 1.90 bits per heavy atom. The Hall–Kier alpha value is -1.67. The molecule has 1 atom stereocenters. The highest BCUT2D eigenvalue weighted by Gasteiger charge is 2.18. The predicted octanol–water partition coefficient (Wildman–Crippen LogP) is 2.68. The fourth-order valence-corrected chi connectivity index (χ4v) is 2.41. The van der Waals surface area contributed by atoms with Gasteiger partial charge in [-0.1, -0.05) is 34.6 Å². The quantitative estimate of drug-likeness (QED) is 0.841. The molecule has 0 aliphatic carbocycles. The zero-order valence-corrected chi connectivity index (χ0v) is 13.7. The van der Waals surface area contributed by atoms with E-state index in [0.29, 0.717) is 24.3 Å². The maximum atomic E-state index is 10.0. The number of rotatable bonds is 6. The summed E-state index contributed by atoms with van der Waals surface area (Å²) in [7, 11) is 0. The first kappa shape index (κ1) is 17.4. The van der Waals surface area contributed by atoms with Crippen LogP contribution in [0.5, 0.6) is 0 Å². The Kier molecular flexibility index (Phi) is 6.10. The summed E-state index contributed by atoms with van der Waals surface area (Å²) in [6, 6.07) is 2.22. The van der Waals surface area contributed by atoms with Crippen molar-refractivity contribution >= 4 is 5.82 Å². The van der Waals surface area contributed by atoms with E-state index < -0.39 is 6.10 Å². The Morgan fingerprint density at radius 3 is 2.38 bits per heavy atom. The number of aryl methyl sites for hydroxylation is 1. The Bertz CT molecular complexity index is 514. The van der Waals surface area contributed by atoms with E-state index in [1.165, 1.54) is 0 Å². The van der Waals surface area contributed by atoms with Crippen LogP contribution in [-0.4, -0.2) is 28.0 Å². The van der Waals surface area contributed by atoms with E-state index in [2.05, 4.69) is 42.4 Å². The molecule has 0 radical (unpaired) electrons. The van der Waals surface area contributed by atoms with Gasteiger partial charge in [-0.05, 0) is 30.2 Å². The SMILES string of the molecule is CCc1nnc(NCC(O)CC(C)(C)C)c(C#N)c1CC. The van der Waals surface area contributed by atoms with Gasteiger partial charge in [0, 0.05) is 6.54 Å². The molecule has 0 aliphatic heterocycles. The minimum absolute atomic E-state index is 0.0610. The number of hydrogen-bond acceptors (Lipinski definition) is 5. The van der Waals surface area contributed by atoms with Crippen molar-refractivity contribution in [3.63, 3.8) is 0 Å². The molecule has 21 heavy (non-hydrogen) atoms. The van der Waals surface area contributed by atoms with Gasteiger partial charge >= 0.3 is 0 Å². The van der Waals surface area contributed by atoms with Crippen LogP contribution in [0, 0.1) is 16.7 Å². The highest BCUT2D eigenvalue weighted by atomic mass is 16.3. The first-order valence-corrected chi connectivity index (χ1v) is 7.52. The summed E-state index contributed by atoms with van der Waals surface area (Å²) in [5, 5.41) is 30.8. The molecule has 0 aliphatic rings. The summed E-state index contributed by atoms with van der Waals surface area (Å²) in [4.78, 5) is 0. The third kappa shape index (κ3) is 4.98. The highest BCUT2D eigenvalue weighted by molar-refractivity contribution is 5.56. The van der Waals surface area contributed by atoms with Crippen molar-refractivity contribution in [3.05, 3.63) is 16.8 Å². The molecule has 0 fully saturated rings. The topological polar surface area (TPSA) is 81.8 Å². The molecule has 1 rings (SSSR count). The molecule has 5 nitrogen and oxygen atoms in total. The third-order valence-electron chi connectivity index (χ3n) is 3.31. The standard InChI is InChI=1S/C16H26N4O/c1-6-12-13(9-17)15(20-19-14(12)7-2)18-10-11(21)8-16(3,4)5/h11,21H,6-8,10H2,1-5H3,(H,18,20). The summed E-state index contributed by atoms with van der Waals surface area (Å²) in [6.07, 6.45) is 1.72. The smallest absolute Gasteiger partial charge is 0.167 e. The van der Waals surface area contributed by atoms with Crippen LogP contribution in [0.15, 0.2) is 0 Å². The fraction of sp³-hybridized carbons (Fsp3) is 0.688. The fourth-order valence-electron chi connectivity index (χ4n) is 2.41. The number of aliphatic hydroxyl groups is 1. The molecule has 0 spiro atoms. The molecule has 1 heterocycles. The number of aliphatic hydroxyl groups excluding tert-OH is 1. The number of hydrogen-bond donors (Lipinski definition) is 2. The summed E-state index contributed by atoms with van der Waals surface area (Å²) in [6.45, 7) is 10.6. The van der Waals surface area contributed by atoms with Gasteiger partial charge in [0.25, 0.3) is 0 Å². The van der Waals surface area contributed by atoms with Crippen LogP contribution in [0.4, 0.5) is 5.82 Å². The Labute approximate surface area is 127 Å². The van der Waals surface area contributed by atoms with E-state index in [-0.39, 0.29) is 5.41 Å². The van der Waals surface area contributed by atoms with Crippen LogP contribution in [0.25, 0.3) is 0 Å². The average molecular weight is 290 g/mol. The molecule has 0 amide bonds. The molecule has 5 heteroatoms. The predicted molar refractivity (Wildman–Crippen MR) is 84.1 cm³/mol. The normalized spacial score (nSPS) is 12.8. The van der Waals surface area contributed by atoms with Crippen LogP contribution >= 0.6 is 0 Å². The van der Waals surface area contributed by atoms with Crippen LogP contribution in [-0.2, 0) is 12.8 Å². The minimum Gasteiger partial charge on any atom is -0.391 e. The number of nitriles is 1. The zero-order valence-electron chi connectivity index (χ0n) is 13.7. The highest BCUT2D eigenvalue weighted by Crippen LogP contribution is 2.22. The Balaban J connectivity index is 2.87. The van der Waals surface area contributed by atoms with Gasteiger partial charge in [-0.15, -0.1) is 5.10 Å². The maximum Gasteiger partial charge on any atom is 0.167 e. The van der Waals surface area contributed by atoms with Gasteiger partial charge in [0.15, 0.2) is 5.82 Å². The van der Waals surface area contributed by atoms with Crippen LogP contribution in [0.3, 0.4) is 0 Å². The van der Waals surface area contributed by atoms with Crippen LogP contribution < -0.4 is 5.32 Å². The largest absolute Gasteiger partial charge is 0.391 e. The molecule has 1 aromatic rings. The van der Waals surface area contributed by atoms with Crippen molar-refractivity contribution < 1.29 is 5.11 Å². The van der Waals surface area contributed by atoms with Crippen molar-refractivity contribution in [1.82, 2.24) is 10.2 Å². The maximum absolute atomic E-state index is 10.0. The molecule has 1 unspecified atom stereocenters. The summed E-state index contributed by atoms with van der Waals surface area (Å²) < 4.78 is 0. The summed E-state index contributed by atoms with van der Waals surface area (Å²) in [5.74, 6) is 0.472. The second-order valence-corrected chi connectivity index (χ2v) is 6.47. The molecular formula is C16H26N4O. The van der Waals surface area contributed by atoms with E-state index in [1.54, 1.807) is 0 Å². The van der Waals surface area contributed by atoms with Crippen molar-refractivity contribution in [3.8, 4) is 6.07 Å². The second-order valence-electron chi connectivity index (χ2n) is 6.47. The van der Waals surface area contributed by atoms with Crippen molar-refractivity contribution in [2.45, 2.75) is 60.0 Å². The van der Waals surface area contributed by atoms with Gasteiger partial charge in [-0.3, -0.25) is 0 Å². The molecule has 0 aromatic carbocycles. The monoisotopic (exact) mass is 290 g/mol. The molecule has 0 saturated heterocycles. The molecule has 0 bridgehead atoms. The lowest BCUT2D eigenvalue weighted by Crippen LogP contribution is -2.26. The van der Waals surface area contributed by atoms with Crippen molar-refractivity contribution in [1.29, 1.82) is 5.26 Å². The van der Waals surface area contributed by atoms with Gasteiger partial charge in [0.2, 0.25) is 0 Å². The third-order valence-corrected chi connectivity index (χ3v) is 3.31. The molecular weight excluding hydrogens is 264 g/mol. The van der Waals surface area contributed by atoms with E-state index >= 15 is 0 Å². The van der Waals surface area contributed by atoms with Gasteiger partial charge in [-0.25, -0.2) is 0 Å². The first-order valence-electron chi connectivity index (χ1n) is 7.52. The van der Waals surface area contributed by atoms with E-state index in [4.69, 9.17) is 0 Å². The number of aromatic nitrogens is 2. The number of nitrogens with zero attached hydrogens (tertiary/aromatic N) is 3. The summed E-state index contributed by atoms with van der Waals surface area (Å²) in [5.41, 5.74) is 2.43. The zero-order chi connectivity index (χ0) is 16.0. The average Bonchev–Trinajstić information content (AvgIpc) is 2.41. The Morgan fingerprint density at radius 1 is 1.24 bits per heavy atom. The molecule has 0 saturated carbocycles. The van der Waals surface area contributed by atoms with Crippen molar-refractivity contribution in [2.75, 3.05) is 11.9 Å². The minimum atomic E-state index is -0.478. The first-order chi connectivity index (χ1) is 9.82. The number of anilines is 1. The summed E-state index contributed by atoms with van der Waals surface area (Å²) >= 11 is 0. The lowest BCUT2D eigenvalue weighted by atomic mass is 9.89. The molecule has 1 aromatic heterocycles. The van der Waals surface area contributed by atoms with Crippen LogP contribution in [0.1, 0.15) is 57.9 Å². The van der Waals surface area contributed by atoms with Gasteiger partial charge in [0.1, 0.15) is 11.6 Å². The van der Waals surface area contributed by atoms with Gasteiger partial charge in [0.05, 0.1) is 11.8 Å². The van der Waals surface area contributed by atoms with E-state index in [0.717, 1.165) is 24.1 Å². The lowest BCUT2D eigenvalue weighted by Gasteiger charge is -2.22. The lowest BCUT2D eigenvalue weighted by molar-refractivity contribution is 0.132. The van der Waals surface area contributed by atoms with Crippen molar-refractivity contribution in [2.24, 2.45) is 5.41 Å². The van der Waals surface area contributed by atoms with Gasteiger partial charge < -0.3 is 10.4 Å².